The van der Waals surface area contributed by atoms with E-state index < -0.39 is 24.1 Å². The number of carboxylic acids is 1. The zero-order chi connectivity index (χ0) is 20.5. The molecule has 2 rings (SSSR count). The summed E-state index contributed by atoms with van der Waals surface area (Å²) >= 11 is 0. The Kier molecular flexibility index (Phi) is 7.50. The van der Waals surface area contributed by atoms with Gasteiger partial charge in [-0.3, -0.25) is 9.59 Å². The molecule has 3 amide bonds. The Morgan fingerprint density at radius 1 is 1.11 bits per heavy atom. The topological polar surface area (TPSA) is 98.7 Å². The average Bonchev–Trinajstić information content (AvgIpc) is 2.64. The molecule has 0 aliphatic rings. The third kappa shape index (κ3) is 6.71. The molecule has 0 saturated carbocycles. The number of nitrogens with zero attached hydrogens (tertiary/aromatic N) is 1. The minimum atomic E-state index is -1.14. The van der Waals surface area contributed by atoms with Crippen molar-refractivity contribution < 1.29 is 23.9 Å². The molecule has 2 aromatic carbocycles. The van der Waals surface area contributed by atoms with Crippen molar-refractivity contribution in [2.45, 2.75) is 19.4 Å². The summed E-state index contributed by atoms with van der Waals surface area (Å²) in [5.41, 5.74) is 1.26. The van der Waals surface area contributed by atoms with Crippen molar-refractivity contribution in [1.29, 1.82) is 0 Å². The molecule has 0 atom stereocenters. The molecule has 28 heavy (non-hydrogen) atoms. The van der Waals surface area contributed by atoms with Crippen LogP contribution in [0.3, 0.4) is 0 Å². The molecule has 3 N–H and O–H groups in total. The maximum Gasteiger partial charge on any atom is 0.317 e. The SMILES string of the molecule is CN(Cc1ccccc1)C(=O)NCCC(=O)Nc1ccc(CC(=O)O)c(F)c1. The van der Waals surface area contributed by atoms with Crippen LogP contribution in [0.4, 0.5) is 14.9 Å². The number of benzene rings is 2. The second kappa shape index (κ2) is 10.1. The third-order valence-corrected chi connectivity index (χ3v) is 3.92. The van der Waals surface area contributed by atoms with Gasteiger partial charge in [0, 0.05) is 32.2 Å². The van der Waals surface area contributed by atoms with Crippen LogP contribution < -0.4 is 10.6 Å². The fourth-order valence-corrected chi connectivity index (χ4v) is 2.50. The van der Waals surface area contributed by atoms with E-state index in [2.05, 4.69) is 10.6 Å². The predicted octanol–water partition coefficient (Wildman–Crippen LogP) is 2.62. The van der Waals surface area contributed by atoms with Crippen molar-refractivity contribution >= 4 is 23.6 Å². The van der Waals surface area contributed by atoms with E-state index in [0.29, 0.717) is 6.54 Å². The van der Waals surface area contributed by atoms with Crippen LogP contribution in [0, 0.1) is 5.82 Å². The Bertz CT molecular complexity index is 843. The molecule has 0 aliphatic heterocycles. The maximum atomic E-state index is 13.8. The van der Waals surface area contributed by atoms with Crippen LogP contribution in [-0.2, 0) is 22.6 Å². The van der Waals surface area contributed by atoms with Gasteiger partial charge < -0.3 is 20.6 Å². The summed E-state index contributed by atoms with van der Waals surface area (Å²) in [7, 11) is 1.66. The molecular weight excluding hydrogens is 365 g/mol. The van der Waals surface area contributed by atoms with Gasteiger partial charge in [0.15, 0.2) is 0 Å². The summed E-state index contributed by atoms with van der Waals surface area (Å²) in [6.07, 6.45) is -0.411. The molecule has 0 heterocycles. The summed E-state index contributed by atoms with van der Waals surface area (Å²) in [5.74, 6) is -2.23. The first-order chi connectivity index (χ1) is 13.3. The van der Waals surface area contributed by atoms with Gasteiger partial charge in [-0.25, -0.2) is 9.18 Å². The number of anilines is 1. The fraction of sp³-hybridized carbons (Fsp3) is 0.250. The van der Waals surface area contributed by atoms with Gasteiger partial charge >= 0.3 is 12.0 Å². The Labute approximate surface area is 162 Å². The summed E-state index contributed by atoms with van der Waals surface area (Å²) < 4.78 is 13.8. The zero-order valence-corrected chi connectivity index (χ0v) is 15.4. The van der Waals surface area contributed by atoms with Gasteiger partial charge in [-0.2, -0.15) is 0 Å². The lowest BCUT2D eigenvalue weighted by atomic mass is 10.1. The zero-order valence-electron chi connectivity index (χ0n) is 15.4. The predicted molar refractivity (Wildman–Crippen MR) is 102 cm³/mol. The molecule has 0 radical (unpaired) electrons. The number of rotatable bonds is 8. The lowest BCUT2D eigenvalue weighted by molar-refractivity contribution is -0.136. The van der Waals surface area contributed by atoms with Crippen LogP contribution in [0.15, 0.2) is 48.5 Å². The van der Waals surface area contributed by atoms with E-state index in [9.17, 15) is 18.8 Å². The molecule has 0 bridgehead atoms. The first-order valence-electron chi connectivity index (χ1n) is 8.68. The number of carboxylic acid groups (broad SMARTS) is 1. The highest BCUT2D eigenvalue weighted by Crippen LogP contribution is 2.15. The quantitative estimate of drug-likeness (QED) is 0.648. The smallest absolute Gasteiger partial charge is 0.317 e. The number of amides is 3. The highest BCUT2D eigenvalue weighted by Gasteiger charge is 2.11. The van der Waals surface area contributed by atoms with E-state index >= 15 is 0 Å². The average molecular weight is 387 g/mol. The standard InChI is InChI=1S/C20H22FN3O4/c1-24(13-14-5-3-2-4-6-14)20(28)22-10-9-18(25)23-16-8-7-15(11-19(26)27)17(21)12-16/h2-8,12H,9-11,13H2,1H3,(H,22,28)(H,23,25)(H,26,27). The van der Waals surface area contributed by atoms with Crippen LogP contribution in [0.2, 0.25) is 0 Å². The second-order valence-electron chi connectivity index (χ2n) is 6.25. The second-order valence-corrected chi connectivity index (χ2v) is 6.25. The number of aliphatic carboxylic acids is 1. The van der Waals surface area contributed by atoms with Crippen LogP contribution in [0.5, 0.6) is 0 Å². The lowest BCUT2D eigenvalue weighted by Crippen LogP contribution is -2.38. The van der Waals surface area contributed by atoms with E-state index in [1.807, 2.05) is 30.3 Å². The lowest BCUT2D eigenvalue weighted by Gasteiger charge is -2.18. The van der Waals surface area contributed by atoms with E-state index in [1.54, 1.807) is 7.05 Å². The largest absolute Gasteiger partial charge is 0.481 e. The van der Waals surface area contributed by atoms with E-state index in [1.165, 1.54) is 17.0 Å². The maximum absolute atomic E-state index is 13.8. The molecule has 0 aliphatic carbocycles. The van der Waals surface area contributed by atoms with E-state index in [-0.39, 0.29) is 30.2 Å². The molecule has 0 fully saturated rings. The highest BCUT2D eigenvalue weighted by molar-refractivity contribution is 5.91. The Morgan fingerprint density at radius 2 is 1.82 bits per heavy atom. The molecule has 0 saturated heterocycles. The Balaban J connectivity index is 1.75. The summed E-state index contributed by atoms with van der Waals surface area (Å²) in [6.45, 7) is 0.574. The molecule has 8 heteroatoms. The summed E-state index contributed by atoms with van der Waals surface area (Å²) in [5, 5.41) is 13.9. The number of carbonyl (C=O) groups is 3. The van der Waals surface area contributed by atoms with E-state index in [0.717, 1.165) is 11.6 Å². The van der Waals surface area contributed by atoms with Gasteiger partial charge in [-0.05, 0) is 23.3 Å². The van der Waals surface area contributed by atoms with Crippen molar-refractivity contribution in [2.75, 3.05) is 18.9 Å². The molecule has 0 aromatic heterocycles. The Hall–Kier alpha value is -3.42. The molecule has 2 aromatic rings. The highest BCUT2D eigenvalue weighted by atomic mass is 19.1. The first kappa shape index (κ1) is 20.9. The minimum absolute atomic E-state index is 0.0173. The van der Waals surface area contributed by atoms with Gasteiger partial charge in [-0.1, -0.05) is 36.4 Å². The third-order valence-electron chi connectivity index (χ3n) is 3.92. The van der Waals surface area contributed by atoms with Gasteiger partial charge in [0.25, 0.3) is 0 Å². The van der Waals surface area contributed by atoms with Crippen molar-refractivity contribution in [3.63, 3.8) is 0 Å². The summed E-state index contributed by atoms with van der Waals surface area (Å²) in [6, 6.07) is 13.0. The van der Waals surface area contributed by atoms with Crippen LogP contribution in [0.25, 0.3) is 0 Å². The van der Waals surface area contributed by atoms with Crippen LogP contribution in [0.1, 0.15) is 17.5 Å². The normalized spacial score (nSPS) is 10.2. The number of urea groups is 1. The van der Waals surface area contributed by atoms with E-state index in [4.69, 9.17) is 5.11 Å². The minimum Gasteiger partial charge on any atom is -0.481 e. The number of nitrogens with one attached hydrogen (secondary N) is 2. The van der Waals surface area contributed by atoms with Crippen molar-refractivity contribution in [1.82, 2.24) is 10.2 Å². The molecular formula is C20H22FN3O4. The number of hydrogen-bond acceptors (Lipinski definition) is 3. The molecule has 7 nitrogen and oxygen atoms in total. The van der Waals surface area contributed by atoms with Gasteiger partial charge in [0.05, 0.1) is 6.42 Å². The van der Waals surface area contributed by atoms with Crippen molar-refractivity contribution in [2.24, 2.45) is 0 Å². The van der Waals surface area contributed by atoms with Gasteiger partial charge in [0.1, 0.15) is 5.82 Å². The molecule has 0 unspecified atom stereocenters. The van der Waals surface area contributed by atoms with Gasteiger partial charge in [-0.15, -0.1) is 0 Å². The number of carbonyl (C=O) groups excluding carboxylic acids is 2. The number of hydrogen-bond donors (Lipinski definition) is 3. The Morgan fingerprint density at radius 3 is 2.46 bits per heavy atom. The fourth-order valence-electron chi connectivity index (χ4n) is 2.50. The van der Waals surface area contributed by atoms with Crippen molar-refractivity contribution in [3.8, 4) is 0 Å². The van der Waals surface area contributed by atoms with Crippen LogP contribution >= 0.6 is 0 Å². The van der Waals surface area contributed by atoms with Crippen molar-refractivity contribution in [3.05, 3.63) is 65.5 Å². The molecule has 0 spiro atoms. The van der Waals surface area contributed by atoms with Crippen LogP contribution in [-0.4, -0.2) is 41.5 Å². The monoisotopic (exact) mass is 387 g/mol. The van der Waals surface area contributed by atoms with Gasteiger partial charge in [0.2, 0.25) is 5.91 Å². The number of halogens is 1. The molecule has 148 valence electrons. The summed E-state index contributed by atoms with van der Waals surface area (Å²) in [4.78, 5) is 36.1. The first-order valence-corrected chi connectivity index (χ1v) is 8.68.